The van der Waals surface area contributed by atoms with Crippen LogP contribution in [0.3, 0.4) is 0 Å². The molecule has 0 fully saturated rings. The Labute approximate surface area is 83.8 Å². The Hall–Kier alpha value is -1.30. The lowest BCUT2D eigenvalue weighted by molar-refractivity contribution is -0.138. The molecule has 84 valence electrons. The number of aliphatic hydroxyl groups is 1. The van der Waals surface area contributed by atoms with E-state index in [-0.39, 0.29) is 12.0 Å². The van der Waals surface area contributed by atoms with Gasteiger partial charge >= 0.3 is 6.18 Å². The molecular formula is C9H10F3NO2. The largest absolute Gasteiger partial charge is 0.417 e. The summed E-state index contributed by atoms with van der Waals surface area (Å²) in [4.78, 5) is 11.3. The molecular weight excluding hydrogens is 211 g/mol. The SMILES string of the molecule is CCc1cc(C(F)(F)F)cn(CO)c1=O. The summed E-state index contributed by atoms with van der Waals surface area (Å²) in [7, 11) is 0. The van der Waals surface area contributed by atoms with E-state index in [4.69, 9.17) is 5.11 Å². The molecule has 0 saturated heterocycles. The van der Waals surface area contributed by atoms with Gasteiger partial charge in [0.1, 0.15) is 6.73 Å². The smallest absolute Gasteiger partial charge is 0.376 e. The Morgan fingerprint density at radius 2 is 2.07 bits per heavy atom. The van der Waals surface area contributed by atoms with Gasteiger partial charge in [0.05, 0.1) is 5.56 Å². The first-order valence-corrected chi connectivity index (χ1v) is 4.31. The molecule has 6 heteroatoms. The summed E-state index contributed by atoms with van der Waals surface area (Å²) in [6.45, 7) is 0.828. The van der Waals surface area contributed by atoms with Crippen LogP contribution in [0.15, 0.2) is 17.1 Å². The van der Waals surface area contributed by atoms with E-state index in [0.717, 1.165) is 6.07 Å². The quantitative estimate of drug-likeness (QED) is 0.819. The first-order valence-electron chi connectivity index (χ1n) is 4.31. The van der Waals surface area contributed by atoms with E-state index in [1.807, 2.05) is 0 Å². The van der Waals surface area contributed by atoms with Gasteiger partial charge in [-0.1, -0.05) is 6.92 Å². The zero-order valence-corrected chi connectivity index (χ0v) is 8.01. The number of aliphatic hydroxyl groups excluding tert-OH is 1. The average molecular weight is 221 g/mol. The van der Waals surface area contributed by atoms with Crippen molar-refractivity contribution >= 4 is 0 Å². The van der Waals surface area contributed by atoms with Crippen LogP contribution in [0.5, 0.6) is 0 Å². The zero-order valence-electron chi connectivity index (χ0n) is 8.01. The van der Waals surface area contributed by atoms with Crippen LogP contribution in [0.4, 0.5) is 13.2 Å². The summed E-state index contributed by atoms with van der Waals surface area (Å²) >= 11 is 0. The summed E-state index contributed by atoms with van der Waals surface area (Å²) < 4.78 is 37.7. The number of halogens is 3. The summed E-state index contributed by atoms with van der Waals surface area (Å²) in [5.74, 6) is 0. The van der Waals surface area contributed by atoms with Crippen LogP contribution in [0.25, 0.3) is 0 Å². The van der Waals surface area contributed by atoms with Gasteiger partial charge in [-0.05, 0) is 12.5 Å². The lowest BCUT2D eigenvalue weighted by Crippen LogP contribution is -2.25. The van der Waals surface area contributed by atoms with Crippen molar-refractivity contribution in [1.82, 2.24) is 4.57 Å². The highest BCUT2D eigenvalue weighted by Crippen LogP contribution is 2.28. The highest BCUT2D eigenvalue weighted by atomic mass is 19.4. The minimum absolute atomic E-state index is 0.0406. The van der Waals surface area contributed by atoms with Crippen LogP contribution in [-0.2, 0) is 19.3 Å². The van der Waals surface area contributed by atoms with E-state index in [1.54, 1.807) is 6.92 Å². The van der Waals surface area contributed by atoms with E-state index < -0.39 is 24.0 Å². The van der Waals surface area contributed by atoms with Crippen LogP contribution in [0, 0.1) is 0 Å². The van der Waals surface area contributed by atoms with Crippen LogP contribution in [0.2, 0.25) is 0 Å². The highest BCUT2D eigenvalue weighted by molar-refractivity contribution is 5.21. The summed E-state index contributed by atoms with van der Waals surface area (Å²) in [5, 5.41) is 8.72. The molecule has 0 unspecified atom stereocenters. The van der Waals surface area contributed by atoms with Gasteiger partial charge in [-0.2, -0.15) is 13.2 Å². The van der Waals surface area contributed by atoms with Crippen LogP contribution < -0.4 is 5.56 Å². The second kappa shape index (κ2) is 4.06. The molecule has 0 spiro atoms. The van der Waals surface area contributed by atoms with Gasteiger partial charge in [0, 0.05) is 11.8 Å². The predicted octanol–water partition coefficient (Wildman–Crippen LogP) is 1.38. The fraction of sp³-hybridized carbons (Fsp3) is 0.444. The van der Waals surface area contributed by atoms with Gasteiger partial charge in [0.15, 0.2) is 0 Å². The van der Waals surface area contributed by atoms with Gasteiger partial charge in [-0.3, -0.25) is 9.36 Å². The van der Waals surface area contributed by atoms with Gasteiger partial charge in [-0.25, -0.2) is 0 Å². The third kappa shape index (κ3) is 2.38. The van der Waals surface area contributed by atoms with E-state index >= 15 is 0 Å². The number of rotatable bonds is 2. The Bertz CT molecular complexity index is 381. The number of pyridine rings is 1. The van der Waals surface area contributed by atoms with E-state index in [2.05, 4.69) is 0 Å². The molecule has 1 rings (SSSR count). The topological polar surface area (TPSA) is 42.2 Å². The number of hydrogen-bond acceptors (Lipinski definition) is 2. The third-order valence-electron chi connectivity index (χ3n) is 2.02. The van der Waals surface area contributed by atoms with E-state index in [0.29, 0.717) is 10.8 Å². The van der Waals surface area contributed by atoms with Crippen molar-refractivity contribution in [3.63, 3.8) is 0 Å². The minimum Gasteiger partial charge on any atom is -0.376 e. The molecule has 3 nitrogen and oxygen atoms in total. The van der Waals surface area contributed by atoms with Crippen molar-refractivity contribution in [2.45, 2.75) is 26.3 Å². The third-order valence-corrected chi connectivity index (χ3v) is 2.02. The number of alkyl halides is 3. The molecule has 1 aromatic rings. The monoisotopic (exact) mass is 221 g/mol. The molecule has 0 aliphatic carbocycles. The normalized spacial score (nSPS) is 11.8. The van der Waals surface area contributed by atoms with E-state index in [9.17, 15) is 18.0 Å². The fourth-order valence-corrected chi connectivity index (χ4v) is 1.21. The maximum Gasteiger partial charge on any atom is 0.417 e. The summed E-state index contributed by atoms with van der Waals surface area (Å²) in [6, 6.07) is 0.814. The first kappa shape index (κ1) is 11.8. The molecule has 0 bridgehead atoms. The van der Waals surface area contributed by atoms with Gasteiger partial charge in [-0.15, -0.1) is 0 Å². The number of nitrogens with zero attached hydrogens (tertiary/aromatic N) is 1. The molecule has 1 aromatic heterocycles. The van der Waals surface area contributed by atoms with Crippen molar-refractivity contribution in [3.8, 4) is 0 Å². The predicted molar refractivity (Wildman–Crippen MR) is 47.3 cm³/mol. The molecule has 15 heavy (non-hydrogen) atoms. The van der Waals surface area contributed by atoms with Crippen molar-refractivity contribution in [1.29, 1.82) is 0 Å². The molecule has 0 radical (unpaired) electrons. The van der Waals surface area contributed by atoms with Crippen LogP contribution in [0.1, 0.15) is 18.1 Å². The molecule has 0 atom stereocenters. The molecule has 0 aliphatic rings. The number of aryl methyl sites for hydroxylation is 1. The van der Waals surface area contributed by atoms with Crippen molar-refractivity contribution < 1.29 is 18.3 Å². The molecule has 1 heterocycles. The molecule has 0 amide bonds. The lowest BCUT2D eigenvalue weighted by Gasteiger charge is -2.11. The Morgan fingerprint density at radius 1 is 1.47 bits per heavy atom. The maximum absolute atomic E-state index is 12.4. The van der Waals surface area contributed by atoms with E-state index in [1.165, 1.54) is 0 Å². The standard InChI is InChI=1S/C9H10F3NO2/c1-2-6-3-7(9(10,11)12)4-13(5-14)8(6)15/h3-4,14H,2,5H2,1H3. The van der Waals surface area contributed by atoms with Crippen molar-refractivity contribution in [2.24, 2.45) is 0 Å². The van der Waals surface area contributed by atoms with Crippen LogP contribution in [-0.4, -0.2) is 9.67 Å². The highest BCUT2D eigenvalue weighted by Gasteiger charge is 2.31. The second-order valence-electron chi connectivity index (χ2n) is 3.02. The summed E-state index contributed by atoms with van der Waals surface area (Å²) in [5.41, 5.74) is -1.47. The lowest BCUT2D eigenvalue weighted by atomic mass is 10.1. The van der Waals surface area contributed by atoms with Crippen molar-refractivity contribution in [3.05, 3.63) is 33.7 Å². The molecule has 0 aromatic carbocycles. The molecule has 0 saturated carbocycles. The number of hydrogen-bond donors (Lipinski definition) is 1. The average Bonchev–Trinajstić information content (AvgIpc) is 2.16. The fourth-order valence-electron chi connectivity index (χ4n) is 1.21. The van der Waals surface area contributed by atoms with Crippen molar-refractivity contribution in [2.75, 3.05) is 0 Å². The molecule has 0 aliphatic heterocycles. The molecule has 1 N–H and O–H groups in total. The summed E-state index contributed by atoms with van der Waals surface area (Å²) in [6.07, 6.45) is -3.70. The minimum atomic E-state index is -4.51. The Kier molecular flexibility index (Phi) is 3.18. The van der Waals surface area contributed by atoms with Crippen LogP contribution >= 0.6 is 0 Å². The van der Waals surface area contributed by atoms with Gasteiger partial charge in [0.25, 0.3) is 5.56 Å². The first-order chi connectivity index (χ1) is 6.90. The Balaban J connectivity index is 3.40. The Morgan fingerprint density at radius 3 is 2.47 bits per heavy atom. The van der Waals surface area contributed by atoms with Gasteiger partial charge in [0.2, 0.25) is 0 Å². The number of aromatic nitrogens is 1. The maximum atomic E-state index is 12.4. The second-order valence-corrected chi connectivity index (χ2v) is 3.02. The van der Waals surface area contributed by atoms with Gasteiger partial charge < -0.3 is 5.11 Å². The zero-order chi connectivity index (χ0) is 11.6.